The monoisotopic (exact) mass is 350 g/mol. The van der Waals surface area contributed by atoms with Crippen molar-refractivity contribution >= 4 is 49.6 Å². The van der Waals surface area contributed by atoms with Crippen molar-refractivity contribution < 1.29 is 0 Å². The van der Waals surface area contributed by atoms with E-state index in [1.165, 1.54) is 26.8 Å². The number of hydrogen-bond donors (Lipinski definition) is 0. The van der Waals surface area contributed by atoms with Crippen LogP contribution in [-0.2, 0) is 0 Å². The van der Waals surface area contributed by atoms with Gasteiger partial charge in [0.25, 0.3) is 0 Å². The van der Waals surface area contributed by atoms with Gasteiger partial charge >= 0.3 is 0 Å². The molecule has 19 heavy (non-hydrogen) atoms. The van der Waals surface area contributed by atoms with Crippen molar-refractivity contribution in [3.63, 3.8) is 0 Å². The van der Waals surface area contributed by atoms with Crippen molar-refractivity contribution in [1.82, 2.24) is 0 Å². The molecule has 3 heteroatoms. The van der Waals surface area contributed by atoms with Gasteiger partial charge in [-0.1, -0.05) is 36.4 Å². The smallest absolute Gasteiger partial charge is 0.0947 e. The Bertz CT molecular complexity index is 732. The molecule has 0 fully saturated rings. The van der Waals surface area contributed by atoms with Gasteiger partial charge in [0, 0.05) is 9.35 Å². The Kier molecular flexibility index (Phi) is 3.66. The molecule has 0 aliphatic heterocycles. The van der Waals surface area contributed by atoms with Gasteiger partial charge in [-0.3, -0.25) is 0 Å². The molecule has 1 aromatic heterocycles. The van der Waals surface area contributed by atoms with E-state index in [0.717, 1.165) is 4.47 Å². The van der Waals surface area contributed by atoms with Crippen molar-refractivity contribution in [3.05, 3.63) is 68.3 Å². The first-order chi connectivity index (χ1) is 9.18. The average Bonchev–Trinajstić information content (AvgIpc) is 2.84. The molecule has 3 rings (SSSR count). The van der Waals surface area contributed by atoms with E-state index in [1.807, 2.05) is 0 Å². The Morgan fingerprint density at radius 1 is 1.11 bits per heavy atom. The van der Waals surface area contributed by atoms with Crippen molar-refractivity contribution in [1.29, 1.82) is 0 Å². The summed E-state index contributed by atoms with van der Waals surface area (Å²) in [4.78, 5) is 1.17. The van der Waals surface area contributed by atoms with Crippen LogP contribution in [0.4, 0.5) is 0 Å². The lowest BCUT2D eigenvalue weighted by Gasteiger charge is -2.15. The maximum Gasteiger partial charge on any atom is 0.0947 e. The van der Waals surface area contributed by atoms with Crippen LogP contribution in [-0.4, -0.2) is 0 Å². The molecule has 1 atom stereocenters. The lowest BCUT2D eigenvalue weighted by Crippen LogP contribution is -1.96. The highest BCUT2D eigenvalue weighted by molar-refractivity contribution is 9.10. The fraction of sp³-hybridized carbons (Fsp3) is 0.125. The number of rotatable bonds is 2. The number of hydrogen-bond acceptors (Lipinski definition) is 1. The van der Waals surface area contributed by atoms with Crippen LogP contribution in [0, 0.1) is 6.92 Å². The molecule has 0 spiro atoms. The molecule has 0 bridgehead atoms. The zero-order chi connectivity index (χ0) is 13.4. The summed E-state index contributed by atoms with van der Waals surface area (Å²) >= 11 is 12.0. The summed E-state index contributed by atoms with van der Waals surface area (Å²) in [6.07, 6.45) is 0. The van der Waals surface area contributed by atoms with E-state index in [9.17, 15) is 0 Å². The number of fused-ring (bicyclic) bond motifs is 1. The van der Waals surface area contributed by atoms with Crippen molar-refractivity contribution in [2.75, 3.05) is 0 Å². The minimum atomic E-state index is -0.111. The van der Waals surface area contributed by atoms with Gasteiger partial charge < -0.3 is 0 Å². The van der Waals surface area contributed by atoms with E-state index in [2.05, 4.69) is 70.7 Å². The van der Waals surface area contributed by atoms with Crippen LogP contribution in [0.15, 0.2) is 52.3 Å². The number of aryl methyl sites for hydroxylation is 1. The third kappa shape index (κ3) is 2.33. The zero-order valence-corrected chi connectivity index (χ0v) is 13.5. The van der Waals surface area contributed by atoms with Crippen LogP contribution in [0.5, 0.6) is 0 Å². The second-order valence-corrected chi connectivity index (χ2v) is 6.75. The fourth-order valence-electron chi connectivity index (χ4n) is 2.36. The molecule has 0 aliphatic carbocycles. The molecule has 3 aromatic rings. The van der Waals surface area contributed by atoms with Crippen LogP contribution in [0.3, 0.4) is 0 Å². The van der Waals surface area contributed by atoms with E-state index in [4.69, 9.17) is 11.6 Å². The lowest BCUT2D eigenvalue weighted by atomic mass is 9.96. The fourth-order valence-corrected chi connectivity index (χ4v) is 4.64. The van der Waals surface area contributed by atoms with Crippen LogP contribution in [0.2, 0.25) is 0 Å². The Labute approximate surface area is 130 Å². The second-order valence-electron chi connectivity index (χ2n) is 4.51. The number of thiophene rings is 1. The molecule has 2 aromatic carbocycles. The van der Waals surface area contributed by atoms with E-state index < -0.39 is 0 Å². The minimum absolute atomic E-state index is 0.111. The predicted octanol–water partition coefficient (Wildman–Crippen LogP) is 6.30. The number of alkyl halides is 1. The van der Waals surface area contributed by atoms with Gasteiger partial charge in [0.2, 0.25) is 0 Å². The molecule has 0 amide bonds. The maximum absolute atomic E-state index is 6.74. The first-order valence-corrected chi connectivity index (χ1v) is 8.14. The minimum Gasteiger partial charge on any atom is -0.146 e. The molecule has 0 saturated carbocycles. The molecule has 1 unspecified atom stereocenters. The third-order valence-corrected chi connectivity index (χ3v) is 5.82. The van der Waals surface area contributed by atoms with Gasteiger partial charge in [-0.05, 0) is 56.2 Å². The quantitative estimate of drug-likeness (QED) is 0.475. The molecule has 0 nitrogen and oxygen atoms in total. The first kappa shape index (κ1) is 13.2. The molecule has 1 heterocycles. The highest BCUT2D eigenvalue weighted by Gasteiger charge is 2.19. The van der Waals surface area contributed by atoms with Crippen LogP contribution < -0.4 is 0 Å². The Morgan fingerprint density at radius 2 is 1.89 bits per heavy atom. The third-order valence-electron chi connectivity index (χ3n) is 3.32. The van der Waals surface area contributed by atoms with Gasteiger partial charge in [0.1, 0.15) is 0 Å². The highest BCUT2D eigenvalue weighted by Crippen LogP contribution is 2.41. The Morgan fingerprint density at radius 3 is 2.63 bits per heavy atom. The maximum atomic E-state index is 6.74. The molecule has 0 radical (unpaired) electrons. The summed E-state index contributed by atoms with van der Waals surface area (Å²) in [5, 5.41) is 4.43. The van der Waals surface area contributed by atoms with Gasteiger partial charge in [0.15, 0.2) is 0 Å². The topological polar surface area (TPSA) is 0 Å². The zero-order valence-electron chi connectivity index (χ0n) is 10.4. The van der Waals surface area contributed by atoms with Crippen molar-refractivity contribution in [2.45, 2.75) is 12.3 Å². The van der Waals surface area contributed by atoms with Crippen molar-refractivity contribution in [2.24, 2.45) is 0 Å². The van der Waals surface area contributed by atoms with E-state index in [-0.39, 0.29) is 5.38 Å². The standard InChI is InChI=1S/C16H12BrClS/c1-10-6-7-11-4-2-3-5-12(11)14(10)15(18)16-13(17)8-9-19-16/h2-9,15H,1H3. The van der Waals surface area contributed by atoms with Gasteiger partial charge in [-0.2, -0.15) is 0 Å². The SMILES string of the molecule is Cc1ccc2ccccc2c1C(Cl)c1sccc1Br. The summed E-state index contributed by atoms with van der Waals surface area (Å²) in [7, 11) is 0. The predicted molar refractivity (Wildman–Crippen MR) is 88.4 cm³/mol. The summed E-state index contributed by atoms with van der Waals surface area (Å²) in [6.45, 7) is 2.12. The molecule has 0 N–H and O–H groups in total. The Hall–Kier alpha value is -0.830. The summed E-state index contributed by atoms with van der Waals surface area (Å²) in [5.74, 6) is 0. The summed E-state index contributed by atoms with van der Waals surface area (Å²) in [6, 6.07) is 14.8. The largest absolute Gasteiger partial charge is 0.146 e. The Balaban J connectivity index is 2.24. The van der Waals surface area contributed by atoms with E-state index >= 15 is 0 Å². The van der Waals surface area contributed by atoms with Crippen LogP contribution >= 0.6 is 38.9 Å². The molecule has 96 valence electrons. The second kappa shape index (κ2) is 5.28. The first-order valence-electron chi connectivity index (χ1n) is 6.03. The van der Waals surface area contributed by atoms with Crippen molar-refractivity contribution in [3.8, 4) is 0 Å². The lowest BCUT2D eigenvalue weighted by molar-refractivity contribution is 1.16. The van der Waals surface area contributed by atoms with Gasteiger partial charge in [-0.15, -0.1) is 22.9 Å². The van der Waals surface area contributed by atoms with Gasteiger partial charge in [-0.25, -0.2) is 0 Å². The summed E-state index contributed by atoms with van der Waals surface area (Å²) in [5.41, 5.74) is 2.45. The number of halogens is 2. The van der Waals surface area contributed by atoms with E-state index in [1.54, 1.807) is 11.3 Å². The van der Waals surface area contributed by atoms with Gasteiger partial charge in [0.05, 0.1) is 5.38 Å². The molecular weight excluding hydrogens is 340 g/mol. The van der Waals surface area contributed by atoms with E-state index in [0.29, 0.717) is 0 Å². The summed E-state index contributed by atoms with van der Waals surface area (Å²) < 4.78 is 1.09. The molecule has 0 aliphatic rings. The molecular formula is C16H12BrClS. The average molecular weight is 352 g/mol. The molecule has 0 saturated heterocycles. The van der Waals surface area contributed by atoms with Crippen LogP contribution in [0.1, 0.15) is 21.4 Å². The normalized spacial score (nSPS) is 12.8. The highest BCUT2D eigenvalue weighted by atomic mass is 79.9. The van der Waals surface area contributed by atoms with Crippen LogP contribution in [0.25, 0.3) is 10.8 Å². The number of benzene rings is 2.